The van der Waals surface area contributed by atoms with Crippen molar-refractivity contribution in [3.8, 4) is 0 Å². The van der Waals surface area contributed by atoms with Crippen LogP contribution in [-0.4, -0.2) is 16.7 Å². The number of hydrogen-bond donors (Lipinski definition) is 0. The van der Waals surface area contributed by atoms with Gasteiger partial charge in [-0.05, 0) is 70.3 Å². The molecule has 1 atom stereocenters. The Hall–Kier alpha value is -2.34. The minimum Gasteiger partial charge on any atom is -0.550 e. The van der Waals surface area contributed by atoms with Crippen LogP contribution < -0.4 is 34.7 Å². The van der Waals surface area contributed by atoms with Crippen molar-refractivity contribution in [3.05, 3.63) is 111 Å². The Morgan fingerprint density at radius 3 is 2.54 bits per heavy atom. The fourth-order valence-corrected chi connectivity index (χ4v) is 5.61. The predicted molar refractivity (Wildman–Crippen MR) is 141 cm³/mol. The van der Waals surface area contributed by atoms with Gasteiger partial charge >= 0.3 is 29.6 Å². The normalized spacial score (nSPS) is 14.3. The van der Waals surface area contributed by atoms with Crippen LogP contribution >= 0.6 is 23.4 Å². The third-order valence-electron chi connectivity index (χ3n) is 5.83. The molecule has 0 saturated carbocycles. The smallest absolute Gasteiger partial charge is 0.550 e. The average Bonchev–Trinajstić information content (AvgIpc) is 2.99. The Morgan fingerprint density at radius 1 is 0.943 bits per heavy atom. The van der Waals surface area contributed by atoms with Crippen molar-refractivity contribution in [2.75, 3.05) is 5.75 Å². The molecular weight excluding hydrogens is 485 g/mol. The van der Waals surface area contributed by atoms with Gasteiger partial charge in [0.1, 0.15) is 0 Å². The molecule has 1 aliphatic rings. The van der Waals surface area contributed by atoms with E-state index >= 15 is 0 Å². The predicted octanol–water partition coefficient (Wildman–Crippen LogP) is 3.51. The fraction of sp³-hybridized carbons (Fsp3) is 0.103. The largest absolute Gasteiger partial charge is 1.00 e. The van der Waals surface area contributed by atoms with Crippen molar-refractivity contribution < 1.29 is 39.5 Å². The zero-order valence-corrected chi connectivity index (χ0v) is 22.9. The number of thioether (sulfide) groups is 1. The molecule has 0 bridgehead atoms. The van der Waals surface area contributed by atoms with Crippen molar-refractivity contribution in [3.63, 3.8) is 0 Å². The van der Waals surface area contributed by atoms with Crippen LogP contribution in [0.4, 0.5) is 0 Å². The van der Waals surface area contributed by atoms with Crippen molar-refractivity contribution in [1.29, 1.82) is 0 Å². The number of aliphatic carboxylic acids is 1. The number of carboxylic acid groups (broad SMARTS) is 1. The maximum Gasteiger partial charge on any atom is 1.00 e. The van der Waals surface area contributed by atoms with E-state index in [9.17, 15) is 9.90 Å². The summed E-state index contributed by atoms with van der Waals surface area (Å²) >= 11 is 7.77. The van der Waals surface area contributed by atoms with Gasteiger partial charge < -0.3 is 9.90 Å². The third-order valence-corrected chi connectivity index (χ3v) is 7.34. The number of hydrogen-bond acceptors (Lipinski definition) is 4. The summed E-state index contributed by atoms with van der Waals surface area (Å²) in [5, 5.41) is 12.8. The first-order valence-electron chi connectivity index (χ1n) is 11.0. The van der Waals surface area contributed by atoms with E-state index in [2.05, 4.69) is 48.6 Å². The van der Waals surface area contributed by atoms with E-state index < -0.39 is 5.97 Å². The molecule has 3 nitrogen and oxygen atoms in total. The first-order chi connectivity index (χ1) is 16.6. The number of carbonyl (C=O) groups excluding carboxylic acids is 1. The van der Waals surface area contributed by atoms with Crippen LogP contribution in [0.25, 0.3) is 35.2 Å². The van der Waals surface area contributed by atoms with Gasteiger partial charge in [-0.3, -0.25) is 0 Å². The SMILES string of the molecule is O=C([O-])CCSC1c2ccccc2C=Cc2ccc(/C=C/c3ccc4ccc(Cl)cc4n3)cc21.[Na+]. The molecule has 0 aliphatic heterocycles. The molecule has 0 spiro atoms. The number of pyridine rings is 1. The summed E-state index contributed by atoms with van der Waals surface area (Å²) < 4.78 is 0. The second-order valence-corrected chi connectivity index (χ2v) is 9.78. The van der Waals surface area contributed by atoms with E-state index in [1.54, 1.807) is 11.8 Å². The average molecular weight is 506 g/mol. The van der Waals surface area contributed by atoms with Crippen LogP contribution in [0.2, 0.25) is 5.02 Å². The number of carbonyl (C=O) groups is 1. The summed E-state index contributed by atoms with van der Waals surface area (Å²) in [5.41, 5.74) is 7.43. The van der Waals surface area contributed by atoms with Crippen LogP contribution in [0.1, 0.15) is 45.2 Å². The fourth-order valence-electron chi connectivity index (χ4n) is 4.14. The van der Waals surface area contributed by atoms with Crippen LogP contribution in [0.3, 0.4) is 0 Å². The van der Waals surface area contributed by atoms with Crippen LogP contribution in [0.15, 0.2) is 72.8 Å². The molecule has 1 heterocycles. The summed E-state index contributed by atoms with van der Waals surface area (Å²) in [7, 11) is 0. The summed E-state index contributed by atoms with van der Waals surface area (Å²) in [6, 6.07) is 24.4. The van der Waals surface area contributed by atoms with Gasteiger partial charge in [-0.15, -0.1) is 11.8 Å². The maximum absolute atomic E-state index is 11.0. The van der Waals surface area contributed by atoms with E-state index in [0.717, 1.165) is 33.3 Å². The summed E-state index contributed by atoms with van der Waals surface area (Å²) in [6.07, 6.45) is 8.36. The minimum absolute atomic E-state index is 0. The number of aromatic nitrogens is 1. The van der Waals surface area contributed by atoms with E-state index in [-0.39, 0.29) is 41.2 Å². The molecule has 0 saturated heterocycles. The van der Waals surface area contributed by atoms with Crippen molar-refractivity contribution in [2.45, 2.75) is 11.7 Å². The monoisotopic (exact) mass is 505 g/mol. The molecule has 4 aromatic rings. The second kappa shape index (κ2) is 11.6. The van der Waals surface area contributed by atoms with Gasteiger partial charge in [-0.25, -0.2) is 4.98 Å². The van der Waals surface area contributed by atoms with Crippen LogP contribution in [-0.2, 0) is 4.79 Å². The topological polar surface area (TPSA) is 53.0 Å². The number of halogens is 1. The van der Waals surface area contributed by atoms with E-state index in [1.807, 2.05) is 48.5 Å². The minimum atomic E-state index is -1.02. The standard InChI is InChI=1S/C29H22ClNO2S.Na/c30-23-12-10-22-11-14-24(31-27(22)18-23)13-6-19-5-7-21-9-8-20-3-1-2-4-25(20)29(26(21)17-19)34-16-15-28(32)33;/h1-14,17-18,29H,15-16H2,(H,32,33);/q;+1/p-1/b13-6+;. The Labute approximate surface area is 236 Å². The third kappa shape index (κ3) is 6.08. The number of rotatable bonds is 6. The van der Waals surface area contributed by atoms with Gasteiger partial charge in [-0.2, -0.15) is 0 Å². The van der Waals surface area contributed by atoms with Gasteiger partial charge in [0.25, 0.3) is 0 Å². The molecule has 1 unspecified atom stereocenters. The molecule has 6 heteroatoms. The zero-order valence-electron chi connectivity index (χ0n) is 19.3. The van der Waals surface area contributed by atoms with Gasteiger partial charge in [0.2, 0.25) is 0 Å². The first kappa shape index (κ1) is 25.7. The van der Waals surface area contributed by atoms with E-state index in [0.29, 0.717) is 10.8 Å². The van der Waals surface area contributed by atoms with Gasteiger partial charge in [0.15, 0.2) is 0 Å². The molecule has 0 radical (unpaired) electrons. The molecule has 0 fully saturated rings. The number of carboxylic acids is 1. The number of benzene rings is 3. The van der Waals surface area contributed by atoms with Crippen LogP contribution in [0.5, 0.6) is 0 Å². The molecule has 1 aliphatic carbocycles. The van der Waals surface area contributed by atoms with Crippen molar-refractivity contribution in [1.82, 2.24) is 4.98 Å². The second-order valence-electron chi connectivity index (χ2n) is 8.13. The molecule has 5 rings (SSSR count). The number of fused-ring (bicyclic) bond motifs is 3. The zero-order chi connectivity index (χ0) is 23.5. The van der Waals surface area contributed by atoms with Crippen molar-refractivity contribution in [2.24, 2.45) is 0 Å². The first-order valence-corrected chi connectivity index (χ1v) is 12.5. The van der Waals surface area contributed by atoms with Gasteiger partial charge in [0.05, 0.1) is 16.5 Å². The maximum atomic E-state index is 11.0. The summed E-state index contributed by atoms with van der Waals surface area (Å²) in [4.78, 5) is 15.7. The molecule has 1 aromatic heterocycles. The Bertz CT molecular complexity index is 1450. The molecule has 168 valence electrons. The Kier molecular flexibility index (Phi) is 8.53. The van der Waals surface area contributed by atoms with Crippen LogP contribution in [0, 0.1) is 0 Å². The summed E-state index contributed by atoms with van der Waals surface area (Å²) in [5.74, 6) is -0.529. The van der Waals surface area contributed by atoms with Crippen molar-refractivity contribution >= 4 is 64.5 Å². The summed E-state index contributed by atoms with van der Waals surface area (Å²) in [6.45, 7) is 0. The molecular formula is C29H21ClNNaO2S. The van der Waals surface area contributed by atoms with E-state index in [1.165, 1.54) is 11.1 Å². The molecule has 3 aromatic carbocycles. The van der Waals surface area contributed by atoms with E-state index in [4.69, 9.17) is 16.6 Å². The van der Waals surface area contributed by atoms with Gasteiger partial charge in [0, 0.05) is 16.4 Å². The van der Waals surface area contributed by atoms with Gasteiger partial charge in [-0.1, -0.05) is 78.4 Å². The molecule has 0 N–H and O–H groups in total. The molecule has 35 heavy (non-hydrogen) atoms. The molecule has 0 amide bonds. The quantitative estimate of drug-likeness (QED) is 0.376. The Morgan fingerprint density at radius 2 is 1.71 bits per heavy atom. The Balaban J connectivity index is 0.00000289. The number of nitrogens with zero attached hydrogens (tertiary/aromatic N) is 1.